The molecule has 2 heterocycles. The normalized spacial score (nSPS) is 16.9. The molecule has 0 unspecified atom stereocenters. The van der Waals surface area contributed by atoms with E-state index in [2.05, 4.69) is 28.9 Å². The largest absolute Gasteiger partial charge is 0.478 e. The van der Waals surface area contributed by atoms with Crippen LogP contribution in [0.3, 0.4) is 0 Å². The van der Waals surface area contributed by atoms with Gasteiger partial charge < -0.3 is 14.9 Å². The lowest BCUT2D eigenvalue weighted by atomic mass is 9.96. The lowest BCUT2D eigenvalue weighted by molar-refractivity contribution is 0.0696. The van der Waals surface area contributed by atoms with Crippen LogP contribution in [0.15, 0.2) is 18.3 Å². The molecule has 1 aromatic heterocycles. The summed E-state index contributed by atoms with van der Waals surface area (Å²) in [6.07, 6.45) is 3.77. The molecule has 0 spiro atoms. The molecule has 0 bridgehead atoms. The number of pyridine rings is 1. The first-order chi connectivity index (χ1) is 9.06. The zero-order chi connectivity index (χ0) is 13.8. The summed E-state index contributed by atoms with van der Waals surface area (Å²) in [4.78, 5) is 19.5. The van der Waals surface area contributed by atoms with Crippen molar-refractivity contribution in [1.29, 1.82) is 0 Å². The zero-order valence-electron chi connectivity index (χ0n) is 11.5. The number of hydrogen-bond acceptors (Lipinski definition) is 4. The summed E-state index contributed by atoms with van der Waals surface area (Å²) in [6, 6.07) is 3.42. The van der Waals surface area contributed by atoms with Gasteiger partial charge in [-0.25, -0.2) is 9.78 Å². The van der Waals surface area contributed by atoms with Gasteiger partial charge in [-0.15, -0.1) is 0 Å². The van der Waals surface area contributed by atoms with Crippen molar-refractivity contribution < 1.29 is 9.90 Å². The molecule has 0 aliphatic carbocycles. The molecule has 1 fully saturated rings. The van der Waals surface area contributed by atoms with Gasteiger partial charge in [-0.3, -0.25) is 0 Å². The number of hydrogen-bond donors (Lipinski definition) is 1. The summed E-state index contributed by atoms with van der Waals surface area (Å²) in [5, 5.41) is 8.85. The van der Waals surface area contributed by atoms with Crippen molar-refractivity contribution in [2.45, 2.75) is 12.8 Å². The second-order valence-electron chi connectivity index (χ2n) is 5.40. The summed E-state index contributed by atoms with van der Waals surface area (Å²) in [6.45, 7) is 3.13. The van der Waals surface area contributed by atoms with Crippen molar-refractivity contribution in [1.82, 2.24) is 9.88 Å². The highest BCUT2D eigenvalue weighted by molar-refractivity contribution is 5.87. The van der Waals surface area contributed by atoms with Gasteiger partial charge in [0.1, 0.15) is 5.82 Å². The minimum atomic E-state index is -0.927. The molecule has 0 amide bonds. The van der Waals surface area contributed by atoms with Crippen molar-refractivity contribution in [3.8, 4) is 0 Å². The number of nitrogens with zero attached hydrogens (tertiary/aromatic N) is 3. The van der Waals surface area contributed by atoms with Crippen LogP contribution in [0.25, 0.3) is 0 Å². The summed E-state index contributed by atoms with van der Waals surface area (Å²) in [5.74, 6) is 0.710. The van der Waals surface area contributed by atoms with Crippen LogP contribution >= 0.6 is 0 Å². The number of piperidine rings is 1. The predicted molar refractivity (Wildman–Crippen MR) is 74.7 cm³/mol. The molecule has 0 saturated carbocycles. The van der Waals surface area contributed by atoms with Gasteiger partial charge in [-0.05, 0) is 45.0 Å². The van der Waals surface area contributed by atoms with E-state index in [1.165, 1.54) is 19.0 Å². The summed E-state index contributed by atoms with van der Waals surface area (Å²) in [7, 11) is 4.22. The number of aromatic nitrogens is 1. The summed E-state index contributed by atoms with van der Waals surface area (Å²) < 4.78 is 0. The first-order valence-electron chi connectivity index (χ1n) is 6.65. The fourth-order valence-electron chi connectivity index (χ4n) is 2.56. The Morgan fingerprint density at radius 3 is 2.58 bits per heavy atom. The van der Waals surface area contributed by atoms with E-state index >= 15 is 0 Å². The van der Waals surface area contributed by atoms with Gasteiger partial charge in [0.15, 0.2) is 0 Å². The van der Waals surface area contributed by atoms with Crippen LogP contribution in [-0.4, -0.2) is 54.7 Å². The Labute approximate surface area is 113 Å². The molecular weight excluding hydrogens is 242 g/mol. The molecule has 1 aromatic rings. The predicted octanol–water partition coefficient (Wildman–Crippen LogP) is 1.56. The number of aromatic carboxylic acids is 1. The molecule has 5 nitrogen and oxygen atoms in total. The molecule has 1 aliphatic heterocycles. The minimum Gasteiger partial charge on any atom is -0.478 e. The maximum absolute atomic E-state index is 10.8. The van der Waals surface area contributed by atoms with Crippen molar-refractivity contribution in [2.24, 2.45) is 5.92 Å². The quantitative estimate of drug-likeness (QED) is 0.893. The number of carboxylic acids is 1. The SMILES string of the molecule is CN(C)CC1CCN(c2ccc(C(=O)O)cn2)CC1. The summed E-state index contributed by atoms with van der Waals surface area (Å²) in [5.41, 5.74) is 0.242. The van der Waals surface area contributed by atoms with Crippen LogP contribution in [0.2, 0.25) is 0 Å². The van der Waals surface area contributed by atoms with Gasteiger partial charge in [-0.2, -0.15) is 0 Å². The Bertz CT molecular complexity index is 423. The van der Waals surface area contributed by atoms with Gasteiger partial charge in [0.25, 0.3) is 0 Å². The van der Waals surface area contributed by atoms with Gasteiger partial charge in [0.05, 0.1) is 5.56 Å². The second-order valence-corrected chi connectivity index (χ2v) is 5.40. The van der Waals surface area contributed by atoms with Gasteiger partial charge in [-0.1, -0.05) is 0 Å². The highest BCUT2D eigenvalue weighted by atomic mass is 16.4. The molecule has 0 aromatic carbocycles. The Morgan fingerprint density at radius 2 is 2.11 bits per heavy atom. The van der Waals surface area contributed by atoms with E-state index in [0.717, 1.165) is 31.4 Å². The van der Waals surface area contributed by atoms with Gasteiger partial charge in [0, 0.05) is 25.8 Å². The van der Waals surface area contributed by atoms with Crippen LogP contribution in [0.4, 0.5) is 5.82 Å². The third kappa shape index (κ3) is 3.67. The van der Waals surface area contributed by atoms with Gasteiger partial charge in [0.2, 0.25) is 0 Å². The zero-order valence-corrected chi connectivity index (χ0v) is 11.5. The Morgan fingerprint density at radius 1 is 1.42 bits per heavy atom. The van der Waals surface area contributed by atoms with Crippen molar-refractivity contribution in [3.63, 3.8) is 0 Å². The smallest absolute Gasteiger partial charge is 0.337 e. The maximum Gasteiger partial charge on any atom is 0.337 e. The second kappa shape index (κ2) is 6.02. The molecule has 0 radical (unpaired) electrons. The van der Waals surface area contributed by atoms with E-state index in [1.807, 2.05) is 0 Å². The van der Waals surface area contributed by atoms with E-state index in [-0.39, 0.29) is 5.56 Å². The lowest BCUT2D eigenvalue weighted by Gasteiger charge is -2.33. The average molecular weight is 263 g/mol. The molecule has 1 N–H and O–H groups in total. The van der Waals surface area contributed by atoms with E-state index in [0.29, 0.717) is 0 Å². The van der Waals surface area contributed by atoms with Crippen molar-refractivity contribution in [3.05, 3.63) is 23.9 Å². The number of carboxylic acid groups (broad SMARTS) is 1. The molecule has 19 heavy (non-hydrogen) atoms. The standard InChI is InChI=1S/C14H21N3O2/c1-16(2)10-11-5-7-17(8-6-11)13-4-3-12(9-15-13)14(18)19/h3-4,9,11H,5-8,10H2,1-2H3,(H,18,19). The lowest BCUT2D eigenvalue weighted by Crippen LogP contribution is -2.37. The van der Waals surface area contributed by atoms with Crippen LogP contribution < -0.4 is 4.90 Å². The molecular formula is C14H21N3O2. The number of anilines is 1. The molecule has 0 atom stereocenters. The van der Waals surface area contributed by atoms with E-state index in [1.54, 1.807) is 12.1 Å². The fourth-order valence-corrected chi connectivity index (χ4v) is 2.56. The van der Waals surface area contributed by atoms with E-state index < -0.39 is 5.97 Å². The Hall–Kier alpha value is -1.62. The molecule has 1 saturated heterocycles. The fraction of sp³-hybridized carbons (Fsp3) is 0.571. The average Bonchev–Trinajstić information content (AvgIpc) is 2.39. The maximum atomic E-state index is 10.8. The first-order valence-corrected chi connectivity index (χ1v) is 6.65. The first kappa shape index (κ1) is 13.8. The van der Waals surface area contributed by atoms with Crippen LogP contribution in [-0.2, 0) is 0 Å². The highest BCUT2D eigenvalue weighted by Crippen LogP contribution is 2.22. The van der Waals surface area contributed by atoms with E-state index in [9.17, 15) is 4.79 Å². The van der Waals surface area contributed by atoms with Crippen LogP contribution in [0, 0.1) is 5.92 Å². The summed E-state index contributed by atoms with van der Waals surface area (Å²) >= 11 is 0. The topological polar surface area (TPSA) is 56.7 Å². The molecule has 1 aliphatic rings. The molecule has 5 heteroatoms. The molecule has 104 valence electrons. The monoisotopic (exact) mass is 263 g/mol. The Balaban J connectivity index is 1.92. The molecule has 2 rings (SSSR count). The van der Waals surface area contributed by atoms with Crippen molar-refractivity contribution in [2.75, 3.05) is 38.6 Å². The third-order valence-corrected chi connectivity index (χ3v) is 3.56. The number of carbonyl (C=O) groups is 1. The Kier molecular flexibility index (Phi) is 4.37. The van der Waals surface area contributed by atoms with E-state index in [4.69, 9.17) is 5.11 Å². The van der Waals surface area contributed by atoms with Crippen LogP contribution in [0.5, 0.6) is 0 Å². The van der Waals surface area contributed by atoms with Gasteiger partial charge >= 0.3 is 5.97 Å². The van der Waals surface area contributed by atoms with Crippen LogP contribution in [0.1, 0.15) is 23.2 Å². The third-order valence-electron chi connectivity index (χ3n) is 3.56. The van der Waals surface area contributed by atoms with Crippen molar-refractivity contribution >= 4 is 11.8 Å². The minimum absolute atomic E-state index is 0.242. The number of rotatable bonds is 4. The highest BCUT2D eigenvalue weighted by Gasteiger charge is 2.20.